The van der Waals surface area contributed by atoms with Crippen molar-refractivity contribution in [2.45, 2.75) is 52.3 Å². The van der Waals surface area contributed by atoms with Gasteiger partial charge in [0, 0.05) is 6.42 Å². The molecular weight excluding hydrogens is 265 g/mol. The van der Waals surface area contributed by atoms with Gasteiger partial charge in [-0.1, -0.05) is 13.3 Å². The van der Waals surface area contributed by atoms with Gasteiger partial charge in [-0.05, 0) is 32.4 Å². The molecule has 0 aliphatic rings. The number of carbonyl (C=O) groups excluding carboxylic acids is 1. The van der Waals surface area contributed by atoms with Crippen LogP contribution in [-0.4, -0.2) is 29.3 Å². The van der Waals surface area contributed by atoms with Crippen LogP contribution in [0.1, 0.15) is 40.5 Å². The second-order valence-corrected chi connectivity index (χ2v) is 6.23. The third-order valence-electron chi connectivity index (χ3n) is 2.07. The summed E-state index contributed by atoms with van der Waals surface area (Å²) in [6.07, 6.45) is -3.29. The van der Waals surface area contributed by atoms with Gasteiger partial charge in [0.2, 0.25) is 0 Å². The molecule has 0 rings (SSSR count). The van der Waals surface area contributed by atoms with Gasteiger partial charge in [-0.15, -0.1) is 0 Å². The van der Waals surface area contributed by atoms with Crippen LogP contribution < -0.4 is 0 Å². The van der Waals surface area contributed by atoms with Crippen LogP contribution in [-0.2, 0) is 9.53 Å². The van der Waals surface area contributed by atoms with E-state index in [1.165, 1.54) is 0 Å². The zero-order valence-electron chi connectivity index (χ0n) is 11.3. The Morgan fingerprint density at radius 3 is 2.22 bits per heavy atom. The maximum Gasteiger partial charge on any atom is 0.397 e. The minimum absolute atomic E-state index is 0.0628. The van der Waals surface area contributed by atoms with Crippen molar-refractivity contribution in [2.24, 2.45) is 5.92 Å². The fraction of sp³-hybridized carbons (Fsp3) is 0.917. The second kappa shape index (κ2) is 7.26. The highest BCUT2D eigenvalue weighted by Gasteiger charge is 2.27. The highest BCUT2D eigenvalue weighted by atomic mass is 32.2. The Morgan fingerprint density at radius 2 is 1.83 bits per heavy atom. The Balaban J connectivity index is 4.00. The largest absolute Gasteiger partial charge is 0.460 e. The van der Waals surface area contributed by atoms with E-state index in [9.17, 15) is 18.0 Å². The van der Waals surface area contributed by atoms with Crippen molar-refractivity contribution in [1.82, 2.24) is 0 Å². The molecule has 0 aromatic rings. The lowest BCUT2D eigenvalue weighted by Crippen LogP contribution is -2.25. The smallest absolute Gasteiger partial charge is 0.397 e. The summed E-state index contributed by atoms with van der Waals surface area (Å²) in [5, 5.41) is 0. The minimum atomic E-state index is -4.14. The Bertz CT molecular complexity index is 259. The molecule has 0 fully saturated rings. The van der Waals surface area contributed by atoms with E-state index in [1.807, 2.05) is 6.92 Å². The molecule has 2 nitrogen and oxygen atoms in total. The first kappa shape index (κ1) is 17.6. The van der Waals surface area contributed by atoms with Crippen LogP contribution in [0.3, 0.4) is 0 Å². The zero-order valence-corrected chi connectivity index (χ0v) is 12.1. The van der Waals surface area contributed by atoms with Crippen molar-refractivity contribution in [3.05, 3.63) is 0 Å². The van der Waals surface area contributed by atoms with Gasteiger partial charge >= 0.3 is 12.1 Å². The van der Waals surface area contributed by atoms with Gasteiger partial charge in [0.05, 0.1) is 5.75 Å². The third kappa shape index (κ3) is 10.7. The summed E-state index contributed by atoms with van der Waals surface area (Å²) in [6.45, 7) is 7.17. The number of hydrogen-bond acceptors (Lipinski definition) is 3. The molecule has 0 heterocycles. The molecule has 18 heavy (non-hydrogen) atoms. The number of hydrogen-bond donors (Lipinski definition) is 0. The molecule has 0 unspecified atom stereocenters. The summed E-state index contributed by atoms with van der Waals surface area (Å²) < 4.78 is 41.1. The average molecular weight is 286 g/mol. The van der Waals surface area contributed by atoms with E-state index in [0.29, 0.717) is 12.2 Å². The Morgan fingerprint density at radius 1 is 1.28 bits per heavy atom. The fourth-order valence-electron chi connectivity index (χ4n) is 1.28. The van der Waals surface area contributed by atoms with E-state index < -0.39 is 17.5 Å². The Labute approximate surface area is 111 Å². The van der Waals surface area contributed by atoms with E-state index in [4.69, 9.17) is 4.74 Å². The lowest BCUT2D eigenvalue weighted by Gasteiger charge is -2.21. The lowest BCUT2D eigenvalue weighted by atomic mass is 10.1. The van der Waals surface area contributed by atoms with Gasteiger partial charge in [0.25, 0.3) is 0 Å². The van der Waals surface area contributed by atoms with Crippen LogP contribution in [0.25, 0.3) is 0 Å². The van der Waals surface area contributed by atoms with Crippen molar-refractivity contribution in [3.63, 3.8) is 0 Å². The number of esters is 1. The normalized spacial score (nSPS) is 14.4. The number of rotatable bonds is 6. The third-order valence-corrected chi connectivity index (χ3v) is 3.31. The number of halogens is 3. The van der Waals surface area contributed by atoms with E-state index in [1.54, 1.807) is 20.8 Å². The predicted molar refractivity (Wildman–Crippen MR) is 67.6 cm³/mol. The number of alkyl halides is 3. The summed E-state index contributed by atoms with van der Waals surface area (Å²) in [7, 11) is 0. The monoisotopic (exact) mass is 286 g/mol. The van der Waals surface area contributed by atoms with Crippen LogP contribution >= 0.6 is 11.8 Å². The molecule has 0 aromatic heterocycles. The molecule has 0 bridgehead atoms. The summed E-state index contributed by atoms with van der Waals surface area (Å²) >= 11 is 0.820. The fourth-order valence-corrected chi connectivity index (χ4v) is 2.32. The van der Waals surface area contributed by atoms with Crippen molar-refractivity contribution in [1.29, 1.82) is 0 Å². The summed E-state index contributed by atoms with van der Waals surface area (Å²) in [4.78, 5) is 11.5. The lowest BCUT2D eigenvalue weighted by molar-refractivity contribution is -0.155. The number of thioether (sulfide) groups is 1. The van der Waals surface area contributed by atoms with Crippen LogP contribution in [0.4, 0.5) is 13.2 Å². The van der Waals surface area contributed by atoms with E-state index in [2.05, 4.69) is 0 Å². The van der Waals surface area contributed by atoms with Crippen LogP contribution in [0, 0.1) is 5.92 Å². The van der Waals surface area contributed by atoms with Gasteiger partial charge in [0.1, 0.15) is 5.60 Å². The molecule has 0 N–H and O–H groups in total. The maximum atomic E-state index is 12.0. The molecule has 0 aliphatic heterocycles. The Hall–Kier alpha value is -0.390. The van der Waals surface area contributed by atoms with Crippen LogP contribution in [0.15, 0.2) is 0 Å². The average Bonchev–Trinajstić information content (AvgIpc) is 2.11. The molecule has 0 radical (unpaired) electrons. The molecule has 1 atom stereocenters. The van der Waals surface area contributed by atoms with Gasteiger partial charge in [-0.25, -0.2) is 0 Å². The van der Waals surface area contributed by atoms with E-state index >= 15 is 0 Å². The van der Waals surface area contributed by atoms with Crippen LogP contribution in [0.2, 0.25) is 0 Å². The highest BCUT2D eigenvalue weighted by Crippen LogP contribution is 2.25. The van der Waals surface area contributed by atoms with Gasteiger partial charge in [-0.2, -0.15) is 24.9 Å². The molecule has 0 saturated heterocycles. The molecule has 108 valence electrons. The molecule has 0 saturated carbocycles. The number of ether oxygens (including phenoxy) is 1. The standard InChI is InChI=1S/C12H21F3O2S/c1-5-9(7-18-8-12(13,14)15)6-10(16)17-11(2,3)4/h9H,5-8H2,1-4H3/t9-/m0/s1. The molecule has 0 aromatic carbocycles. The SMILES string of the molecule is CC[C@H](CSCC(F)(F)F)CC(=O)OC(C)(C)C. The number of carbonyl (C=O) groups is 1. The van der Waals surface area contributed by atoms with Gasteiger partial charge in [-0.3, -0.25) is 4.79 Å². The Kier molecular flexibility index (Phi) is 7.10. The van der Waals surface area contributed by atoms with Crippen molar-refractivity contribution in [2.75, 3.05) is 11.5 Å². The van der Waals surface area contributed by atoms with Gasteiger partial charge in [0.15, 0.2) is 0 Å². The predicted octanol–water partition coefficient (Wildman–Crippen LogP) is 4.04. The second-order valence-electron chi connectivity index (χ2n) is 5.20. The first-order chi connectivity index (χ1) is 8.03. The quantitative estimate of drug-likeness (QED) is 0.689. The molecule has 6 heteroatoms. The summed E-state index contributed by atoms with van der Waals surface area (Å²) in [5.74, 6) is -0.943. The molecule has 0 amide bonds. The summed E-state index contributed by atoms with van der Waals surface area (Å²) in [6, 6.07) is 0. The maximum absolute atomic E-state index is 12.0. The topological polar surface area (TPSA) is 26.3 Å². The zero-order chi connectivity index (χ0) is 14.4. The summed E-state index contributed by atoms with van der Waals surface area (Å²) in [5.41, 5.74) is -0.547. The van der Waals surface area contributed by atoms with Crippen molar-refractivity contribution < 1.29 is 22.7 Å². The van der Waals surface area contributed by atoms with Gasteiger partial charge < -0.3 is 4.74 Å². The van der Waals surface area contributed by atoms with Crippen molar-refractivity contribution >= 4 is 17.7 Å². The van der Waals surface area contributed by atoms with E-state index in [0.717, 1.165) is 11.8 Å². The molecule has 0 aliphatic carbocycles. The first-order valence-electron chi connectivity index (χ1n) is 5.90. The molecule has 0 spiro atoms. The van der Waals surface area contributed by atoms with Crippen molar-refractivity contribution in [3.8, 4) is 0 Å². The molecular formula is C12H21F3O2S. The first-order valence-corrected chi connectivity index (χ1v) is 7.05. The van der Waals surface area contributed by atoms with E-state index in [-0.39, 0.29) is 18.3 Å². The van der Waals surface area contributed by atoms with Crippen LogP contribution in [0.5, 0.6) is 0 Å². The minimum Gasteiger partial charge on any atom is -0.460 e. The highest BCUT2D eigenvalue weighted by molar-refractivity contribution is 7.99.